The monoisotopic (exact) mass is 539 g/mol. The lowest BCUT2D eigenvalue weighted by Crippen LogP contribution is -2.36. The van der Waals surface area contributed by atoms with Gasteiger partial charge < -0.3 is 4.57 Å². The number of nitrogens with zero attached hydrogens (tertiary/aromatic N) is 3. The molecule has 6 rings (SSSR count). The fourth-order valence-electron chi connectivity index (χ4n) is 4.64. The molecule has 3 aromatic carbocycles. The third-order valence-electron chi connectivity index (χ3n) is 6.37. The summed E-state index contributed by atoms with van der Waals surface area (Å²) in [6.07, 6.45) is 6.24. The van der Waals surface area contributed by atoms with Crippen molar-refractivity contribution >= 4 is 49.9 Å². The molecule has 0 N–H and O–H groups in total. The highest BCUT2D eigenvalue weighted by atomic mass is 79.9. The quantitative estimate of drug-likeness (QED) is 0.287. The molecule has 0 saturated heterocycles. The van der Waals surface area contributed by atoms with Crippen LogP contribution >= 0.6 is 27.3 Å². The largest absolute Gasteiger partial charge is 0.347 e. The number of hydrogen-bond acceptors (Lipinski definition) is 3. The summed E-state index contributed by atoms with van der Waals surface area (Å²) < 4.78 is 5.74. The Morgan fingerprint density at radius 3 is 2.51 bits per heavy atom. The second-order valence-corrected chi connectivity index (χ2v) is 10.4. The fourth-order valence-corrected chi connectivity index (χ4v) is 5.91. The van der Waals surface area contributed by atoms with Crippen LogP contribution in [-0.2, 0) is 6.54 Å². The van der Waals surface area contributed by atoms with Crippen LogP contribution in [0.3, 0.4) is 0 Å². The van der Waals surface area contributed by atoms with Crippen LogP contribution in [0.25, 0.3) is 22.7 Å². The number of benzene rings is 3. The minimum Gasteiger partial charge on any atom is -0.347 e. The Kier molecular flexibility index (Phi) is 5.63. The topological polar surface area (TPSA) is 39.3 Å². The number of hydrogen-bond donors (Lipinski definition) is 0. The molecule has 5 aromatic rings. The van der Waals surface area contributed by atoms with Gasteiger partial charge in [-0.25, -0.2) is 4.99 Å². The van der Waals surface area contributed by atoms with Crippen molar-refractivity contribution < 1.29 is 0 Å². The summed E-state index contributed by atoms with van der Waals surface area (Å²) in [7, 11) is 0. The second kappa shape index (κ2) is 8.95. The van der Waals surface area contributed by atoms with Crippen LogP contribution < -0.4 is 14.9 Å². The van der Waals surface area contributed by atoms with E-state index >= 15 is 0 Å². The van der Waals surface area contributed by atoms with Crippen molar-refractivity contribution in [1.29, 1.82) is 0 Å². The fraction of sp³-hybridized carbons (Fsp3) is 0.103. The highest BCUT2D eigenvalue weighted by Gasteiger charge is 2.22. The predicted octanol–water partition coefficient (Wildman–Crippen LogP) is 5.74. The lowest BCUT2D eigenvalue weighted by Gasteiger charge is -2.19. The zero-order chi connectivity index (χ0) is 23.9. The van der Waals surface area contributed by atoms with Crippen LogP contribution in [0.5, 0.6) is 0 Å². The van der Waals surface area contributed by atoms with Crippen LogP contribution in [-0.4, -0.2) is 9.13 Å². The zero-order valence-electron chi connectivity index (χ0n) is 19.1. The molecule has 1 unspecified atom stereocenters. The second-order valence-electron chi connectivity index (χ2n) is 8.48. The van der Waals surface area contributed by atoms with Crippen molar-refractivity contribution in [3.05, 3.63) is 132 Å². The van der Waals surface area contributed by atoms with E-state index in [0.29, 0.717) is 4.53 Å². The molecular formula is C29H22BrN3OS. The van der Waals surface area contributed by atoms with Crippen LogP contribution in [0.1, 0.15) is 29.7 Å². The number of aryl methyl sites for hydroxylation is 1. The van der Waals surface area contributed by atoms with E-state index in [1.807, 2.05) is 47.0 Å². The van der Waals surface area contributed by atoms with E-state index in [9.17, 15) is 4.79 Å². The van der Waals surface area contributed by atoms with Gasteiger partial charge >= 0.3 is 0 Å². The van der Waals surface area contributed by atoms with Gasteiger partial charge in [0.2, 0.25) is 0 Å². The van der Waals surface area contributed by atoms with Crippen molar-refractivity contribution in [3.8, 4) is 0 Å². The molecule has 1 aliphatic rings. The minimum atomic E-state index is -0.228. The van der Waals surface area contributed by atoms with Gasteiger partial charge in [-0.15, -0.1) is 0 Å². The molecule has 0 aliphatic carbocycles. The molecule has 0 radical (unpaired) electrons. The van der Waals surface area contributed by atoms with E-state index in [1.54, 1.807) is 0 Å². The Morgan fingerprint density at radius 1 is 1.00 bits per heavy atom. The van der Waals surface area contributed by atoms with Crippen molar-refractivity contribution in [2.24, 2.45) is 4.99 Å². The molecule has 4 nitrogen and oxygen atoms in total. The molecule has 172 valence electrons. The predicted molar refractivity (Wildman–Crippen MR) is 147 cm³/mol. The summed E-state index contributed by atoms with van der Waals surface area (Å²) in [6, 6.07) is 26.4. The molecule has 2 aromatic heterocycles. The third-order valence-corrected chi connectivity index (χ3v) is 7.89. The van der Waals surface area contributed by atoms with Gasteiger partial charge in [0, 0.05) is 33.7 Å². The van der Waals surface area contributed by atoms with Gasteiger partial charge in [-0.1, -0.05) is 87.9 Å². The highest BCUT2D eigenvalue weighted by molar-refractivity contribution is 9.10. The third kappa shape index (κ3) is 3.93. The summed E-state index contributed by atoms with van der Waals surface area (Å²) in [5, 5.41) is 1.15. The van der Waals surface area contributed by atoms with E-state index in [-0.39, 0.29) is 11.6 Å². The summed E-state index contributed by atoms with van der Waals surface area (Å²) in [6.45, 7) is 3.01. The number of allylic oxidation sites excluding steroid dienone is 1. The van der Waals surface area contributed by atoms with Gasteiger partial charge in [-0.2, -0.15) is 0 Å². The first-order valence-corrected chi connectivity index (χ1v) is 13.2. The van der Waals surface area contributed by atoms with E-state index in [0.717, 1.165) is 43.6 Å². The van der Waals surface area contributed by atoms with Gasteiger partial charge in [0.05, 0.1) is 16.3 Å². The number of thiazole rings is 1. The van der Waals surface area contributed by atoms with E-state index in [2.05, 4.69) is 82.2 Å². The average molecular weight is 540 g/mol. The first kappa shape index (κ1) is 22.0. The first-order valence-electron chi connectivity index (χ1n) is 11.5. The van der Waals surface area contributed by atoms with Crippen LogP contribution in [0.15, 0.2) is 105 Å². The summed E-state index contributed by atoms with van der Waals surface area (Å²) in [4.78, 5) is 19.4. The number of fused-ring (bicyclic) bond motifs is 2. The maximum Gasteiger partial charge on any atom is 0.271 e. The summed E-state index contributed by atoms with van der Waals surface area (Å²) in [5.41, 5.74) is 5.18. The number of halogens is 1. The Hall–Kier alpha value is -3.48. The van der Waals surface area contributed by atoms with E-state index in [4.69, 9.17) is 4.99 Å². The van der Waals surface area contributed by atoms with Crippen LogP contribution in [0, 0.1) is 0 Å². The van der Waals surface area contributed by atoms with Crippen molar-refractivity contribution in [1.82, 2.24) is 9.13 Å². The molecule has 3 heterocycles. The lowest BCUT2D eigenvalue weighted by atomic mass is 10.0. The van der Waals surface area contributed by atoms with Crippen LogP contribution in [0.2, 0.25) is 0 Å². The minimum absolute atomic E-state index is 0.0154. The Labute approximate surface area is 215 Å². The molecule has 0 amide bonds. The smallest absolute Gasteiger partial charge is 0.271 e. The van der Waals surface area contributed by atoms with Gasteiger partial charge in [0.1, 0.15) is 0 Å². The van der Waals surface area contributed by atoms with Crippen molar-refractivity contribution in [2.45, 2.75) is 19.5 Å². The Bertz CT molecular complexity index is 1760. The van der Waals surface area contributed by atoms with Gasteiger partial charge in [0.15, 0.2) is 4.80 Å². The highest BCUT2D eigenvalue weighted by Crippen LogP contribution is 2.28. The van der Waals surface area contributed by atoms with Gasteiger partial charge in [-0.05, 0) is 48.4 Å². The van der Waals surface area contributed by atoms with Crippen molar-refractivity contribution in [3.63, 3.8) is 0 Å². The molecule has 0 fully saturated rings. The number of aromatic nitrogens is 2. The van der Waals surface area contributed by atoms with Gasteiger partial charge in [0.25, 0.3) is 5.56 Å². The molecule has 1 aliphatic heterocycles. The maximum atomic E-state index is 13.8. The molecule has 35 heavy (non-hydrogen) atoms. The zero-order valence-corrected chi connectivity index (χ0v) is 21.5. The van der Waals surface area contributed by atoms with Crippen LogP contribution in [0.4, 0.5) is 0 Å². The molecule has 0 spiro atoms. The first-order chi connectivity index (χ1) is 17.1. The van der Waals surface area contributed by atoms with Gasteiger partial charge in [-0.3, -0.25) is 9.36 Å². The number of rotatable bonds is 4. The Balaban J connectivity index is 1.58. The average Bonchev–Trinajstić information content (AvgIpc) is 3.42. The normalized spacial score (nSPS) is 15.7. The molecule has 0 bridgehead atoms. The molecule has 1 atom stereocenters. The standard InChI is InChI=1S/C29H22BrN3OS/c1-2-32-18-21(23-10-6-7-11-25(23)32)16-27-28(34)33-26(20-12-14-22(30)15-13-20)17-24(31-29(33)35-27)19-8-4-3-5-9-19/h3-18,26H,2H2,1H3. The SMILES string of the molecule is CCn1cc(C=c2sc3n(c2=O)C(c2ccc(Br)cc2)C=C(c2ccccc2)N=3)c2ccccc21. The van der Waals surface area contributed by atoms with E-state index < -0.39 is 0 Å². The lowest BCUT2D eigenvalue weighted by molar-refractivity contribution is 0.644. The summed E-state index contributed by atoms with van der Waals surface area (Å²) in [5.74, 6) is 0. The van der Waals surface area contributed by atoms with Crippen molar-refractivity contribution in [2.75, 3.05) is 0 Å². The molecule has 6 heteroatoms. The molecular weight excluding hydrogens is 518 g/mol. The number of para-hydroxylation sites is 1. The summed E-state index contributed by atoms with van der Waals surface area (Å²) >= 11 is 4.98. The molecule has 0 saturated carbocycles. The Morgan fingerprint density at radius 2 is 1.74 bits per heavy atom. The van der Waals surface area contributed by atoms with E-state index in [1.165, 1.54) is 16.9 Å². The maximum absolute atomic E-state index is 13.8.